The van der Waals surface area contributed by atoms with Gasteiger partial charge in [0.05, 0.1) is 36.9 Å². The molecule has 1 aromatic carbocycles. The van der Waals surface area contributed by atoms with Gasteiger partial charge in [0.1, 0.15) is 11.6 Å². The third kappa shape index (κ3) is 4.55. The summed E-state index contributed by atoms with van der Waals surface area (Å²) in [6.45, 7) is 4.65. The van der Waals surface area contributed by atoms with Crippen LogP contribution in [0.5, 0.6) is 0 Å². The molecule has 2 N–H and O–H groups in total. The first-order chi connectivity index (χ1) is 16.1. The summed E-state index contributed by atoms with van der Waals surface area (Å²) in [7, 11) is 0. The maximum atomic E-state index is 12.9. The summed E-state index contributed by atoms with van der Waals surface area (Å²) >= 11 is 0. The number of nitrogens with one attached hydrogen (secondary N) is 2. The van der Waals surface area contributed by atoms with Gasteiger partial charge in [-0.3, -0.25) is 9.59 Å². The van der Waals surface area contributed by atoms with Gasteiger partial charge in [-0.25, -0.2) is 9.97 Å². The fraction of sp³-hybridized carbons (Fsp3) is 0.440. The van der Waals surface area contributed by atoms with E-state index in [-0.39, 0.29) is 11.8 Å². The molecule has 172 valence electrons. The molecule has 2 amide bonds. The van der Waals surface area contributed by atoms with Crippen LogP contribution < -0.4 is 10.6 Å². The zero-order chi connectivity index (χ0) is 22.8. The molecule has 2 aliphatic rings. The minimum atomic E-state index is -0.191. The van der Waals surface area contributed by atoms with Gasteiger partial charge in [-0.1, -0.05) is 0 Å². The van der Waals surface area contributed by atoms with E-state index < -0.39 is 0 Å². The SMILES string of the molecule is Cc1cc(C(=O)NCc2cnc3n2CCCC3)cc(C(=O)NCc2cnc3n2CCCC3)c1. The Hall–Kier alpha value is -3.42. The number of fused-ring (bicyclic) bond motifs is 2. The van der Waals surface area contributed by atoms with Gasteiger partial charge in [0.25, 0.3) is 11.8 Å². The average Bonchev–Trinajstić information content (AvgIpc) is 3.44. The smallest absolute Gasteiger partial charge is 0.251 e. The monoisotopic (exact) mass is 446 g/mol. The highest BCUT2D eigenvalue weighted by Crippen LogP contribution is 2.18. The first-order valence-corrected chi connectivity index (χ1v) is 11.8. The highest BCUT2D eigenvalue weighted by Gasteiger charge is 2.17. The Labute approximate surface area is 193 Å². The van der Waals surface area contributed by atoms with Gasteiger partial charge in [0.15, 0.2) is 0 Å². The Morgan fingerprint density at radius 2 is 1.27 bits per heavy atom. The number of carbonyl (C=O) groups is 2. The maximum absolute atomic E-state index is 12.9. The molecule has 0 aliphatic carbocycles. The molecule has 3 aromatic rings. The molecule has 0 unspecified atom stereocenters. The number of aromatic nitrogens is 4. The van der Waals surface area contributed by atoms with Crippen LogP contribution in [-0.4, -0.2) is 30.9 Å². The van der Waals surface area contributed by atoms with E-state index in [0.717, 1.165) is 67.4 Å². The van der Waals surface area contributed by atoms with Crippen molar-refractivity contribution in [1.82, 2.24) is 29.7 Å². The molecule has 2 aromatic heterocycles. The average molecular weight is 447 g/mol. The lowest BCUT2D eigenvalue weighted by atomic mass is 10.1. The van der Waals surface area contributed by atoms with Crippen LogP contribution in [0.15, 0.2) is 30.6 Å². The Morgan fingerprint density at radius 3 is 1.76 bits per heavy atom. The molecule has 33 heavy (non-hydrogen) atoms. The number of hydrogen-bond donors (Lipinski definition) is 2. The van der Waals surface area contributed by atoms with Crippen molar-refractivity contribution in [3.05, 3.63) is 70.3 Å². The fourth-order valence-electron chi connectivity index (χ4n) is 4.83. The summed E-state index contributed by atoms with van der Waals surface area (Å²) in [5, 5.41) is 5.98. The van der Waals surface area contributed by atoms with E-state index in [1.807, 2.05) is 31.5 Å². The van der Waals surface area contributed by atoms with E-state index in [2.05, 4.69) is 29.7 Å². The number of carbonyl (C=O) groups excluding carboxylic acids is 2. The lowest BCUT2D eigenvalue weighted by Gasteiger charge is -2.17. The minimum absolute atomic E-state index is 0.191. The first-order valence-electron chi connectivity index (χ1n) is 11.8. The summed E-state index contributed by atoms with van der Waals surface area (Å²) in [5.74, 6) is 1.81. The number of hydrogen-bond acceptors (Lipinski definition) is 4. The second kappa shape index (κ2) is 9.21. The van der Waals surface area contributed by atoms with Crippen LogP contribution in [0, 0.1) is 6.92 Å². The van der Waals surface area contributed by atoms with Crippen LogP contribution in [0.4, 0.5) is 0 Å². The van der Waals surface area contributed by atoms with Crippen LogP contribution in [-0.2, 0) is 39.0 Å². The van der Waals surface area contributed by atoms with E-state index in [4.69, 9.17) is 0 Å². The van der Waals surface area contributed by atoms with Crippen molar-refractivity contribution >= 4 is 11.8 Å². The number of nitrogens with zero attached hydrogens (tertiary/aromatic N) is 4. The summed E-state index contributed by atoms with van der Waals surface area (Å²) in [5.41, 5.74) is 3.89. The highest BCUT2D eigenvalue weighted by molar-refractivity contribution is 6.00. The van der Waals surface area contributed by atoms with Crippen molar-refractivity contribution in [2.45, 2.75) is 71.6 Å². The topological polar surface area (TPSA) is 93.8 Å². The predicted octanol–water partition coefficient (Wildman–Crippen LogP) is 2.92. The van der Waals surface area contributed by atoms with Crippen LogP contribution in [0.3, 0.4) is 0 Å². The van der Waals surface area contributed by atoms with Gasteiger partial charge in [0, 0.05) is 37.1 Å². The van der Waals surface area contributed by atoms with Crippen molar-refractivity contribution < 1.29 is 9.59 Å². The van der Waals surface area contributed by atoms with Crippen LogP contribution in [0.1, 0.15) is 75.0 Å². The molecule has 0 bridgehead atoms. The quantitative estimate of drug-likeness (QED) is 0.609. The lowest BCUT2D eigenvalue weighted by Crippen LogP contribution is -2.27. The van der Waals surface area contributed by atoms with Gasteiger partial charge in [-0.15, -0.1) is 0 Å². The van der Waals surface area contributed by atoms with Gasteiger partial charge in [0.2, 0.25) is 0 Å². The molecule has 0 saturated carbocycles. The molecular weight excluding hydrogens is 416 g/mol. The zero-order valence-corrected chi connectivity index (χ0v) is 19.1. The molecule has 0 spiro atoms. The van der Waals surface area contributed by atoms with E-state index >= 15 is 0 Å². The van der Waals surface area contributed by atoms with Crippen molar-refractivity contribution in [3.8, 4) is 0 Å². The first kappa shape index (κ1) is 21.4. The molecule has 0 radical (unpaired) electrons. The molecule has 8 heteroatoms. The summed E-state index contributed by atoms with van der Waals surface area (Å²) in [6.07, 6.45) is 10.3. The Bertz CT molecular complexity index is 1100. The maximum Gasteiger partial charge on any atom is 0.251 e. The van der Waals surface area contributed by atoms with Gasteiger partial charge in [-0.05, 0) is 56.4 Å². The van der Waals surface area contributed by atoms with Crippen molar-refractivity contribution in [2.75, 3.05) is 0 Å². The van der Waals surface area contributed by atoms with Gasteiger partial charge >= 0.3 is 0 Å². The normalized spacial score (nSPS) is 14.9. The third-order valence-corrected chi connectivity index (χ3v) is 6.57. The summed E-state index contributed by atoms with van der Waals surface area (Å²) in [4.78, 5) is 34.7. The highest BCUT2D eigenvalue weighted by atomic mass is 16.2. The van der Waals surface area contributed by atoms with Crippen molar-refractivity contribution in [1.29, 1.82) is 0 Å². The molecular formula is C25H30N6O2. The number of amides is 2. The molecule has 5 rings (SSSR count). The molecule has 4 heterocycles. The zero-order valence-electron chi connectivity index (χ0n) is 19.1. The van der Waals surface area contributed by atoms with Crippen LogP contribution >= 0.6 is 0 Å². The van der Waals surface area contributed by atoms with Gasteiger partial charge in [-0.2, -0.15) is 0 Å². The summed E-state index contributed by atoms with van der Waals surface area (Å²) in [6, 6.07) is 5.28. The fourth-order valence-corrected chi connectivity index (χ4v) is 4.83. The number of imidazole rings is 2. The lowest BCUT2D eigenvalue weighted by molar-refractivity contribution is 0.0949. The van der Waals surface area contributed by atoms with E-state index in [9.17, 15) is 9.59 Å². The molecule has 0 atom stereocenters. The third-order valence-electron chi connectivity index (χ3n) is 6.57. The standard InChI is InChI=1S/C25H30N6O2/c1-17-10-18(24(32)28-15-20-13-26-22-6-2-4-8-30(20)22)12-19(11-17)25(33)29-16-21-14-27-23-7-3-5-9-31(21)23/h10-14H,2-9,15-16H2,1H3,(H,28,32)(H,29,33). The largest absolute Gasteiger partial charge is 0.346 e. The van der Waals surface area contributed by atoms with Crippen LogP contribution in [0.2, 0.25) is 0 Å². The molecule has 0 fully saturated rings. The predicted molar refractivity (Wildman–Crippen MR) is 124 cm³/mol. The number of rotatable bonds is 6. The number of aryl methyl sites for hydroxylation is 3. The second-order valence-corrected chi connectivity index (χ2v) is 9.00. The second-order valence-electron chi connectivity index (χ2n) is 9.00. The molecule has 8 nitrogen and oxygen atoms in total. The minimum Gasteiger partial charge on any atom is -0.346 e. The van der Waals surface area contributed by atoms with Gasteiger partial charge < -0.3 is 19.8 Å². The van der Waals surface area contributed by atoms with Crippen molar-refractivity contribution in [3.63, 3.8) is 0 Å². The van der Waals surface area contributed by atoms with Crippen molar-refractivity contribution in [2.24, 2.45) is 0 Å². The Morgan fingerprint density at radius 1 is 0.788 bits per heavy atom. The molecule has 0 saturated heterocycles. The summed E-state index contributed by atoms with van der Waals surface area (Å²) < 4.78 is 4.40. The van der Waals surface area contributed by atoms with E-state index in [1.165, 1.54) is 12.8 Å². The van der Waals surface area contributed by atoms with E-state index in [0.29, 0.717) is 24.2 Å². The Balaban J connectivity index is 1.23. The Kier molecular flexibility index (Phi) is 5.98. The van der Waals surface area contributed by atoms with E-state index in [1.54, 1.807) is 6.07 Å². The molecule has 2 aliphatic heterocycles. The number of benzene rings is 1. The van der Waals surface area contributed by atoms with Crippen LogP contribution in [0.25, 0.3) is 0 Å².